The highest BCUT2D eigenvalue weighted by molar-refractivity contribution is 5.83. The Bertz CT molecular complexity index is 1130. The molecule has 38 heavy (non-hydrogen) atoms. The summed E-state index contributed by atoms with van der Waals surface area (Å²) in [5.74, 6) is 1.42. The highest BCUT2D eigenvalue weighted by Crippen LogP contribution is 2.51. The number of hydrogen-bond donors (Lipinski definition) is 0. The number of nitrogens with zero attached hydrogens (tertiary/aromatic N) is 3. The van der Waals surface area contributed by atoms with Crippen LogP contribution in [0.2, 0.25) is 0 Å². The number of hydrogen-bond acceptors (Lipinski definition) is 5. The van der Waals surface area contributed by atoms with Crippen molar-refractivity contribution in [2.75, 3.05) is 54.1 Å². The molecule has 2 fully saturated rings. The molecule has 0 aromatic heterocycles. The van der Waals surface area contributed by atoms with Gasteiger partial charge >= 0.3 is 6.03 Å². The van der Waals surface area contributed by atoms with Gasteiger partial charge in [-0.15, -0.1) is 0 Å². The van der Waals surface area contributed by atoms with E-state index in [1.165, 1.54) is 0 Å². The Kier molecular flexibility index (Phi) is 7.31. The van der Waals surface area contributed by atoms with Crippen LogP contribution in [0.3, 0.4) is 0 Å². The summed E-state index contributed by atoms with van der Waals surface area (Å²) in [6, 6.07) is 6.00. The molecule has 4 aliphatic rings. The minimum atomic E-state index is -0.394. The first-order valence-corrected chi connectivity index (χ1v) is 13.5. The van der Waals surface area contributed by atoms with Crippen molar-refractivity contribution in [1.82, 2.24) is 14.7 Å². The number of methoxy groups -OCH3 is 3. The second-order valence-corrected chi connectivity index (χ2v) is 11.5. The summed E-state index contributed by atoms with van der Waals surface area (Å²) in [4.78, 5) is 20.3. The van der Waals surface area contributed by atoms with Crippen LogP contribution in [-0.2, 0) is 11.3 Å². The third kappa shape index (κ3) is 4.73. The lowest BCUT2D eigenvalue weighted by molar-refractivity contribution is 0.0661. The zero-order valence-electron chi connectivity index (χ0n) is 23.2. The van der Waals surface area contributed by atoms with Gasteiger partial charge in [0, 0.05) is 57.5 Å². The molecular weight excluding hydrogens is 485 g/mol. The van der Waals surface area contributed by atoms with Gasteiger partial charge < -0.3 is 19.1 Å². The Morgan fingerprint density at radius 1 is 1.05 bits per heavy atom. The predicted molar refractivity (Wildman–Crippen MR) is 145 cm³/mol. The summed E-state index contributed by atoms with van der Waals surface area (Å²) in [5, 5.41) is 0. The molecule has 3 heterocycles. The van der Waals surface area contributed by atoms with E-state index < -0.39 is 5.54 Å². The maximum Gasteiger partial charge on any atom is 0.325 e. The molecule has 8 heteroatoms. The minimum absolute atomic E-state index is 0.0130. The topological polar surface area (TPSA) is 54.5 Å². The number of halogens is 1. The van der Waals surface area contributed by atoms with Gasteiger partial charge in [-0.2, -0.15) is 0 Å². The Morgan fingerprint density at radius 3 is 2.37 bits per heavy atom. The summed E-state index contributed by atoms with van der Waals surface area (Å²) >= 11 is 0. The summed E-state index contributed by atoms with van der Waals surface area (Å²) in [6.07, 6.45) is 9.24. The largest absolute Gasteiger partial charge is 0.497 e. The molecule has 7 nitrogen and oxygen atoms in total. The third-order valence-corrected chi connectivity index (χ3v) is 8.82. The average molecular weight is 526 g/mol. The van der Waals surface area contributed by atoms with E-state index in [9.17, 15) is 9.18 Å². The SMILES string of the molecule is COCCN1C(=O)N2CC3C=C(F)C=CC3C(C)(C)C=C2C12CCN(Cc1cc(OC)cc(OC)c1)CC2. The minimum Gasteiger partial charge on any atom is -0.497 e. The molecule has 2 saturated heterocycles. The van der Waals surface area contributed by atoms with Gasteiger partial charge in [0.1, 0.15) is 17.3 Å². The first kappa shape index (κ1) is 26.8. The first-order chi connectivity index (χ1) is 18.2. The first-order valence-electron chi connectivity index (χ1n) is 13.5. The zero-order chi connectivity index (χ0) is 27.1. The summed E-state index contributed by atoms with van der Waals surface area (Å²) in [6.45, 7) is 8.42. The van der Waals surface area contributed by atoms with Gasteiger partial charge in [-0.05, 0) is 54.0 Å². The molecule has 0 N–H and O–H groups in total. The molecule has 2 amide bonds. The van der Waals surface area contributed by atoms with E-state index in [1.54, 1.807) is 33.5 Å². The molecule has 2 unspecified atom stereocenters. The second-order valence-electron chi connectivity index (χ2n) is 11.5. The van der Waals surface area contributed by atoms with Crippen LogP contribution in [0.25, 0.3) is 0 Å². The number of urea groups is 1. The predicted octanol–water partition coefficient (Wildman–Crippen LogP) is 5.00. The molecule has 5 rings (SSSR count). The van der Waals surface area contributed by atoms with Crippen LogP contribution in [0.4, 0.5) is 9.18 Å². The molecule has 1 spiro atoms. The third-order valence-electron chi connectivity index (χ3n) is 8.82. The van der Waals surface area contributed by atoms with Gasteiger partial charge in [-0.25, -0.2) is 9.18 Å². The highest BCUT2D eigenvalue weighted by atomic mass is 19.1. The molecule has 0 radical (unpaired) electrons. The molecule has 2 atom stereocenters. The number of benzene rings is 1. The van der Waals surface area contributed by atoms with Gasteiger partial charge in [0.25, 0.3) is 0 Å². The molecule has 1 aromatic carbocycles. The van der Waals surface area contributed by atoms with Gasteiger partial charge in [-0.1, -0.05) is 26.0 Å². The van der Waals surface area contributed by atoms with Crippen molar-refractivity contribution < 1.29 is 23.4 Å². The van der Waals surface area contributed by atoms with E-state index in [0.29, 0.717) is 19.7 Å². The number of carbonyl (C=O) groups excluding carboxylic acids is 1. The van der Waals surface area contributed by atoms with Crippen LogP contribution < -0.4 is 9.47 Å². The van der Waals surface area contributed by atoms with Crippen molar-refractivity contribution >= 4 is 6.03 Å². The lowest BCUT2D eigenvalue weighted by atomic mass is 9.69. The quantitative estimate of drug-likeness (QED) is 0.502. The van der Waals surface area contributed by atoms with Crippen molar-refractivity contribution in [3.63, 3.8) is 0 Å². The summed E-state index contributed by atoms with van der Waals surface area (Å²) in [5.41, 5.74) is 1.61. The monoisotopic (exact) mass is 525 g/mol. The Labute approximate surface area is 225 Å². The standard InChI is InChI=1S/C30H40FN3O4/c1-29(2)18-27-30(8-10-32(11-9-30)19-21-14-24(37-4)17-25(15-21)38-5)34(12-13-36-3)28(35)33(27)20-22-16-23(31)6-7-26(22)29/h6-7,14-18,22,26H,8-13,19-20H2,1-5H3. The van der Waals surface area contributed by atoms with Crippen molar-refractivity contribution in [1.29, 1.82) is 0 Å². The van der Waals surface area contributed by atoms with E-state index in [1.807, 2.05) is 21.9 Å². The van der Waals surface area contributed by atoms with Crippen LogP contribution in [0.5, 0.6) is 11.5 Å². The van der Waals surface area contributed by atoms with Crippen molar-refractivity contribution in [2.24, 2.45) is 17.3 Å². The smallest absolute Gasteiger partial charge is 0.325 e. The molecule has 0 saturated carbocycles. The maximum atomic E-state index is 14.3. The van der Waals surface area contributed by atoms with Crippen molar-refractivity contribution in [3.8, 4) is 11.5 Å². The number of rotatable bonds is 7. The van der Waals surface area contributed by atoms with E-state index in [0.717, 1.165) is 55.2 Å². The number of amides is 2. The van der Waals surface area contributed by atoms with Gasteiger partial charge in [0.05, 0.1) is 26.4 Å². The normalized spacial score (nSPS) is 26.0. The number of ether oxygens (including phenoxy) is 3. The van der Waals surface area contributed by atoms with Crippen LogP contribution in [-0.4, -0.2) is 80.4 Å². The maximum absolute atomic E-state index is 14.3. The van der Waals surface area contributed by atoms with Crippen molar-refractivity contribution in [3.05, 3.63) is 59.6 Å². The Balaban J connectivity index is 1.44. The summed E-state index contributed by atoms with van der Waals surface area (Å²) < 4.78 is 30.6. The van der Waals surface area contributed by atoms with Crippen molar-refractivity contribution in [2.45, 2.75) is 38.8 Å². The van der Waals surface area contributed by atoms with E-state index in [4.69, 9.17) is 14.2 Å². The Hall–Kier alpha value is -2.84. The van der Waals surface area contributed by atoms with Gasteiger partial charge in [0.2, 0.25) is 0 Å². The molecule has 1 aliphatic carbocycles. The highest BCUT2D eigenvalue weighted by Gasteiger charge is 2.57. The van der Waals surface area contributed by atoms with E-state index in [-0.39, 0.29) is 29.1 Å². The number of allylic oxidation sites excluding steroid dienone is 4. The molecule has 0 bridgehead atoms. The molecule has 206 valence electrons. The average Bonchev–Trinajstić information content (AvgIpc) is 3.01. The molecular formula is C30H40FN3O4. The lowest BCUT2D eigenvalue weighted by Crippen LogP contribution is -2.54. The van der Waals surface area contributed by atoms with Crippen LogP contribution in [0.1, 0.15) is 32.3 Å². The fraction of sp³-hybridized carbons (Fsp3) is 0.567. The number of piperidine rings is 1. The van der Waals surface area contributed by atoms with Gasteiger partial charge in [-0.3, -0.25) is 9.80 Å². The zero-order valence-corrected chi connectivity index (χ0v) is 23.2. The summed E-state index contributed by atoms with van der Waals surface area (Å²) in [7, 11) is 5.00. The Morgan fingerprint density at radius 2 is 1.74 bits per heavy atom. The van der Waals surface area contributed by atoms with Crippen LogP contribution >= 0.6 is 0 Å². The number of carbonyl (C=O) groups is 1. The molecule has 3 aliphatic heterocycles. The number of fused-ring (bicyclic) bond motifs is 3. The number of likely N-dealkylation sites (tertiary alicyclic amines) is 1. The van der Waals surface area contributed by atoms with E-state index >= 15 is 0 Å². The van der Waals surface area contributed by atoms with Gasteiger partial charge in [0.15, 0.2) is 0 Å². The fourth-order valence-corrected chi connectivity index (χ4v) is 6.85. The second kappa shape index (κ2) is 10.4. The fourth-order valence-electron chi connectivity index (χ4n) is 6.85. The lowest BCUT2D eigenvalue weighted by Gasteiger charge is -2.45. The van der Waals surface area contributed by atoms with Crippen LogP contribution in [0, 0.1) is 17.3 Å². The van der Waals surface area contributed by atoms with Crippen LogP contribution in [0.15, 0.2) is 54.0 Å². The van der Waals surface area contributed by atoms with E-state index in [2.05, 4.69) is 37.0 Å². The molecule has 1 aromatic rings.